The fourth-order valence-corrected chi connectivity index (χ4v) is 3.23. The lowest BCUT2D eigenvalue weighted by Crippen LogP contribution is -2.45. The van der Waals surface area contributed by atoms with Crippen LogP contribution >= 0.6 is 0 Å². The second-order valence-electron chi connectivity index (χ2n) is 7.63. The average molecular weight is 332 g/mol. The Morgan fingerprint density at radius 2 is 1.79 bits per heavy atom. The minimum absolute atomic E-state index is 0.302. The average Bonchev–Trinajstić information content (AvgIpc) is 2.54. The molecule has 0 bridgehead atoms. The number of anilines is 3. The number of ether oxygens (including phenoxy) is 1. The second kappa shape index (κ2) is 6.49. The van der Waals surface area contributed by atoms with Gasteiger partial charge in [0.05, 0.1) is 17.6 Å². The highest BCUT2D eigenvalue weighted by Crippen LogP contribution is 2.35. The molecule has 0 aromatic carbocycles. The zero-order chi connectivity index (χ0) is 17.3. The van der Waals surface area contributed by atoms with E-state index in [0.29, 0.717) is 6.54 Å². The van der Waals surface area contributed by atoms with Crippen LogP contribution in [0.2, 0.25) is 0 Å². The molecular formula is C18H28N4O2. The molecule has 3 rings (SSSR count). The van der Waals surface area contributed by atoms with Gasteiger partial charge in [0.1, 0.15) is 11.4 Å². The first-order valence-corrected chi connectivity index (χ1v) is 8.82. The smallest absolute Gasteiger partial charge is 0.414 e. The SMILES string of the molecule is CN1CCN(C(=O)OC(C)(C)C)c2cnc(N3CCCCC3)cc21. The monoisotopic (exact) mass is 332 g/mol. The third kappa shape index (κ3) is 3.57. The summed E-state index contributed by atoms with van der Waals surface area (Å²) in [6, 6.07) is 2.11. The summed E-state index contributed by atoms with van der Waals surface area (Å²) in [5, 5.41) is 0. The minimum Gasteiger partial charge on any atom is -0.443 e. The van der Waals surface area contributed by atoms with Crippen molar-refractivity contribution in [1.82, 2.24) is 4.98 Å². The fourth-order valence-electron chi connectivity index (χ4n) is 3.23. The molecule has 6 heteroatoms. The summed E-state index contributed by atoms with van der Waals surface area (Å²) in [6.45, 7) is 9.19. The molecule has 0 aliphatic carbocycles. The summed E-state index contributed by atoms with van der Waals surface area (Å²) < 4.78 is 5.55. The lowest BCUT2D eigenvalue weighted by molar-refractivity contribution is 0.0580. The van der Waals surface area contributed by atoms with Gasteiger partial charge < -0.3 is 14.5 Å². The molecule has 2 aliphatic heterocycles. The Morgan fingerprint density at radius 3 is 2.46 bits per heavy atom. The Morgan fingerprint density at radius 1 is 1.08 bits per heavy atom. The third-order valence-electron chi connectivity index (χ3n) is 4.50. The van der Waals surface area contributed by atoms with E-state index in [1.165, 1.54) is 19.3 Å². The fraction of sp³-hybridized carbons (Fsp3) is 0.667. The highest BCUT2D eigenvalue weighted by molar-refractivity contribution is 5.94. The molecule has 0 unspecified atom stereocenters. The first-order valence-electron chi connectivity index (χ1n) is 8.82. The highest BCUT2D eigenvalue weighted by atomic mass is 16.6. The molecule has 1 aromatic rings. The van der Waals surface area contributed by atoms with Gasteiger partial charge in [0.25, 0.3) is 0 Å². The molecule has 1 fully saturated rings. The summed E-state index contributed by atoms with van der Waals surface area (Å²) in [5.74, 6) is 1.01. The Balaban J connectivity index is 1.86. The Labute approximate surface area is 144 Å². The summed E-state index contributed by atoms with van der Waals surface area (Å²) in [7, 11) is 2.06. The zero-order valence-corrected chi connectivity index (χ0v) is 15.2. The van der Waals surface area contributed by atoms with E-state index in [9.17, 15) is 4.79 Å². The molecule has 2 aliphatic rings. The van der Waals surface area contributed by atoms with Gasteiger partial charge in [0, 0.05) is 39.3 Å². The molecule has 0 radical (unpaired) electrons. The molecule has 0 spiro atoms. The summed E-state index contributed by atoms with van der Waals surface area (Å²) in [4.78, 5) is 23.4. The largest absolute Gasteiger partial charge is 0.443 e. The first kappa shape index (κ1) is 16.9. The quantitative estimate of drug-likeness (QED) is 0.790. The van der Waals surface area contributed by atoms with Gasteiger partial charge in [-0.3, -0.25) is 4.90 Å². The zero-order valence-electron chi connectivity index (χ0n) is 15.2. The van der Waals surface area contributed by atoms with Crippen molar-refractivity contribution < 1.29 is 9.53 Å². The summed E-state index contributed by atoms with van der Waals surface area (Å²) in [6.07, 6.45) is 5.26. The van der Waals surface area contributed by atoms with Crippen molar-refractivity contribution >= 4 is 23.3 Å². The number of fused-ring (bicyclic) bond motifs is 1. The molecule has 132 valence electrons. The number of likely N-dealkylation sites (N-methyl/N-ethyl adjacent to an activating group) is 1. The van der Waals surface area contributed by atoms with Crippen molar-refractivity contribution in [2.75, 3.05) is 47.9 Å². The number of pyridine rings is 1. The maximum Gasteiger partial charge on any atom is 0.414 e. The van der Waals surface area contributed by atoms with Gasteiger partial charge in [-0.25, -0.2) is 9.78 Å². The standard InChI is InChI=1S/C18H28N4O2/c1-18(2,3)24-17(23)22-11-10-20(4)14-12-16(19-13-15(14)22)21-8-6-5-7-9-21/h12-13H,5-11H2,1-4H3. The normalized spacial score (nSPS) is 18.4. The van der Waals surface area contributed by atoms with Gasteiger partial charge in [-0.1, -0.05) is 0 Å². The molecule has 6 nitrogen and oxygen atoms in total. The topological polar surface area (TPSA) is 48.9 Å². The molecule has 24 heavy (non-hydrogen) atoms. The number of aromatic nitrogens is 1. The number of nitrogens with zero attached hydrogens (tertiary/aromatic N) is 4. The predicted molar refractivity (Wildman–Crippen MR) is 97.2 cm³/mol. The van der Waals surface area contributed by atoms with Crippen molar-refractivity contribution in [3.8, 4) is 0 Å². The molecule has 0 saturated carbocycles. The molecule has 1 saturated heterocycles. The number of rotatable bonds is 1. The Hall–Kier alpha value is -1.98. The Kier molecular flexibility index (Phi) is 4.56. The van der Waals surface area contributed by atoms with Crippen LogP contribution < -0.4 is 14.7 Å². The summed E-state index contributed by atoms with van der Waals surface area (Å²) in [5.41, 5.74) is 1.38. The second-order valence-corrected chi connectivity index (χ2v) is 7.63. The van der Waals surface area contributed by atoms with Crippen LogP contribution in [0.5, 0.6) is 0 Å². The number of amides is 1. The van der Waals surface area contributed by atoms with E-state index in [1.54, 1.807) is 4.90 Å². The minimum atomic E-state index is -0.498. The molecule has 0 N–H and O–H groups in total. The van der Waals surface area contributed by atoms with Crippen LogP contribution in [-0.2, 0) is 4.74 Å². The molecular weight excluding hydrogens is 304 g/mol. The molecule has 3 heterocycles. The van der Waals surface area contributed by atoms with Gasteiger partial charge in [0.2, 0.25) is 0 Å². The van der Waals surface area contributed by atoms with Gasteiger partial charge >= 0.3 is 6.09 Å². The van der Waals surface area contributed by atoms with Crippen molar-refractivity contribution in [1.29, 1.82) is 0 Å². The predicted octanol–water partition coefficient (Wildman–Crippen LogP) is 3.26. The van der Waals surface area contributed by atoms with E-state index in [4.69, 9.17) is 4.74 Å². The van der Waals surface area contributed by atoms with E-state index in [0.717, 1.165) is 36.8 Å². The summed E-state index contributed by atoms with van der Waals surface area (Å²) >= 11 is 0. The van der Waals surface area contributed by atoms with Gasteiger partial charge in [-0.05, 0) is 40.0 Å². The van der Waals surface area contributed by atoms with E-state index >= 15 is 0 Å². The van der Waals surface area contributed by atoms with E-state index in [1.807, 2.05) is 27.0 Å². The van der Waals surface area contributed by atoms with Crippen molar-refractivity contribution in [2.45, 2.75) is 45.6 Å². The third-order valence-corrected chi connectivity index (χ3v) is 4.50. The lowest BCUT2D eigenvalue weighted by Gasteiger charge is -2.37. The van der Waals surface area contributed by atoms with Crippen molar-refractivity contribution in [3.63, 3.8) is 0 Å². The first-order chi connectivity index (χ1) is 11.3. The van der Waals surface area contributed by atoms with Crippen LogP contribution in [0.4, 0.5) is 22.0 Å². The Bertz CT molecular complexity index is 606. The van der Waals surface area contributed by atoms with Gasteiger partial charge in [-0.15, -0.1) is 0 Å². The van der Waals surface area contributed by atoms with Crippen molar-refractivity contribution in [3.05, 3.63) is 12.3 Å². The van der Waals surface area contributed by atoms with E-state index in [-0.39, 0.29) is 6.09 Å². The number of piperidine rings is 1. The van der Waals surface area contributed by atoms with Crippen molar-refractivity contribution in [2.24, 2.45) is 0 Å². The number of carbonyl (C=O) groups excluding carboxylic acids is 1. The van der Waals surface area contributed by atoms with E-state index in [2.05, 4.69) is 27.9 Å². The van der Waals surface area contributed by atoms with Crippen LogP contribution in [0.3, 0.4) is 0 Å². The molecule has 1 aromatic heterocycles. The lowest BCUT2D eigenvalue weighted by atomic mass is 10.1. The number of hydrogen-bond donors (Lipinski definition) is 0. The number of hydrogen-bond acceptors (Lipinski definition) is 5. The van der Waals surface area contributed by atoms with Crippen LogP contribution in [0, 0.1) is 0 Å². The highest BCUT2D eigenvalue weighted by Gasteiger charge is 2.30. The molecule has 1 amide bonds. The molecule has 0 atom stereocenters. The van der Waals surface area contributed by atoms with Crippen LogP contribution in [0.1, 0.15) is 40.0 Å². The number of carbonyl (C=O) groups is 1. The van der Waals surface area contributed by atoms with Crippen LogP contribution in [0.25, 0.3) is 0 Å². The van der Waals surface area contributed by atoms with E-state index < -0.39 is 5.60 Å². The maximum atomic E-state index is 12.5. The van der Waals surface area contributed by atoms with Crippen LogP contribution in [-0.4, -0.2) is 49.9 Å². The van der Waals surface area contributed by atoms with Gasteiger partial charge in [0.15, 0.2) is 0 Å². The van der Waals surface area contributed by atoms with Crippen LogP contribution in [0.15, 0.2) is 12.3 Å². The maximum absolute atomic E-state index is 12.5. The van der Waals surface area contributed by atoms with Gasteiger partial charge in [-0.2, -0.15) is 0 Å².